The minimum atomic E-state index is -0.779. The molecule has 3 atom stereocenters. The zero-order valence-electron chi connectivity index (χ0n) is 11.1. The lowest BCUT2D eigenvalue weighted by Gasteiger charge is -2.28. The number of thioether (sulfide) groups is 1. The molecule has 3 unspecified atom stereocenters. The number of carbonyl (C=O) groups excluding carboxylic acids is 1. The van der Waals surface area contributed by atoms with Gasteiger partial charge in [0.15, 0.2) is 0 Å². The Balaban J connectivity index is 2.66. The van der Waals surface area contributed by atoms with E-state index in [0.29, 0.717) is 6.42 Å². The van der Waals surface area contributed by atoms with Gasteiger partial charge in [-0.25, -0.2) is 0 Å². The van der Waals surface area contributed by atoms with Gasteiger partial charge in [-0.3, -0.25) is 9.59 Å². The summed E-state index contributed by atoms with van der Waals surface area (Å²) in [5, 5.41) is 12.1. The lowest BCUT2D eigenvalue weighted by atomic mass is 9.86. The van der Waals surface area contributed by atoms with Crippen LogP contribution in [0.1, 0.15) is 45.4 Å². The number of carbonyl (C=O) groups is 2. The zero-order chi connectivity index (χ0) is 13.5. The highest BCUT2D eigenvalue weighted by atomic mass is 32.2. The molecule has 1 rings (SSSR count). The Hall–Kier alpha value is -0.710. The number of hydrogen-bond acceptors (Lipinski definition) is 3. The minimum absolute atomic E-state index is 0.0423. The van der Waals surface area contributed by atoms with Gasteiger partial charge in [0.1, 0.15) is 0 Å². The lowest BCUT2D eigenvalue weighted by Crippen LogP contribution is -2.46. The predicted molar refractivity (Wildman–Crippen MR) is 73.7 cm³/mol. The highest BCUT2D eigenvalue weighted by molar-refractivity contribution is 7.99. The molecule has 0 aromatic rings. The summed E-state index contributed by atoms with van der Waals surface area (Å²) in [6, 6.07) is -0.204. The average molecular weight is 273 g/mol. The summed E-state index contributed by atoms with van der Waals surface area (Å²) in [6.07, 6.45) is 7.53. The number of carboxylic acids is 1. The van der Waals surface area contributed by atoms with E-state index in [1.54, 1.807) is 0 Å². The third-order valence-corrected chi connectivity index (χ3v) is 4.55. The second kappa shape index (κ2) is 7.67. The van der Waals surface area contributed by atoms with Crippen molar-refractivity contribution in [3.63, 3.8) is 0 Å². The van der Waals surface area contributed by atoms with Gasteiger partial charge in [0, 0.05) is 6.04 Å². The highest BCUT2D eigenvalue weighted by Gasteiger charge is 2.30. The number of aliphatic carboxylic acids is 1. The molecule has 0 saturated heterocycles. The summed E-state index contributed by atoms with van der Waals surface area (Å²) in [5.74, 6) is -1.25. The van der Waals surface area contributed by atoms with Crippen LogP contribution in [0.4, 0.5) is 0 Å². The van der Waals surface area contributed by atoms with Crippen molar-refractivity contribution in [1.82, 2.24) is 5.32 Å². The van der Waals surface area contributed by atoms with Crippen molar-refractivity contribution in [3.05, 3.63) is 0 Å². The second-order valence-corrected chi connectivity index (χ2v) is 6.11. The van der Waals surface area contributed by atoms with E-state index in [1.165, 1.54) is 11.8 Å². The topological polar surface area (TPSA) is 66.4 Å². The Labute approximate surface area is 113 Å². The van der Waals surface area contributed by atoms with E-state index in [9.17, 15) is 14.7 Å². The first kappa shape index (κ1) is 15.3. The van der Waals surface area contributed by atoms with Gasteiger partial charge in [-0.05, 0) is 26.0 Å². The molecule has 0 heterocycles. The first-order chi connectivity index (χ1) is 8.56. The molecule has 5 heteroatoms. The average Bonchev–Trinajstić information content (AvgIpc) is 2.30. The highest BCUT2D eigenvalue weighted by Crippen LogP contribution is 2.23. The Morgan fingerprint density at radius 3 is 2.39 bits per heavy atom. The number of rotatable bonds is 4. The van der Waals surface area contributed by atoms with Gasteiger partial charge < -0.3 is 10.4 Å². The van der Waals surface area contributed by atoms with Crippen LogP contribution in [0.2, 0.25) is 0 Å². The minimum Gasteiger partial charge on any atom is -0.481 e. The molecule has 1 aliphatic rings. The molecule has 0 bridgehead atoms. The maximum Gasteiger partial charge on any atom is 0.308 e. The van der Waals surface area contributed by atoms with Gasteiger partial charge in [0.2, 0.25) is 5.91 Å². The summed E-state index contributed by atoms with van der Waals surface area (Å²) in [4.78, 5) is 23.2. The molecule has 0 spiro atoms. The van der Waals surface area contributed by atoms with Crippen molar-refractivity contribution < 1.29 is 14.7 Å². The van der Waals surface area contributed by atoms with Gasteiger partial charge in [-0.2, -0.15) is 11.8 Å². The summed E-state index contributed by atoms with van der Waals surface area (Å²) in [7, 11) is 0. The van der Waals surface area contributed by atoms with E-state index in [1.807, 2.05) is 13.2 Å². The Bertz CT molecular complexity index is 296. The van der Waals surface area contributed by atoms with Gasteiger partial charge in [0.05, 0.1) is 11.2 Å². The number of amides is 1. The van der Waals surface area contributed by atoms with Crippen molar-refractivity contribution in [2.24, 2.45) is 5.92 Å². The van der Waals surface area contributed by atoms with Crippen molar-refractivity contribution in [1.29, 1.82) is 0 Å². The molecule has 0 radical (unpaired) electrons. The number of carboxylic acid groups (broad SMARTS) is 1. The monoisotopic (exact) mass is 273 g/mol. The molecule has 1 amide bonds. The van der Waals surface area contributed by atoms with Crippen molar-refractivity contribution in [2.45, 2.75) is 56.7 Å². The molecule has 0 aromatic heterocycles. The van der Waals surface area contributed by atoms with Crippen LogP contribution >= 0.6 is 11.8 Å². The molecular formula is C13H23NO3S. The second-order valence-electron chi connectivity index (χ2n) is 4.93. The SMILES string of the molecule is CSC(C)C(=O)NC1CCCCCCC1C(=O)O. The Morgan fingerprint density at radius 2 is 1.83 bits per heavy atom. The standard InChI is InChI=1S/C13H23NO3S/c1-9(18-2)12(15)14-11-8-6-4-3-5-7-10(11)13(16)17/h9-11H,3-8H2,1-2H3,(H,14,15)(H,16,17). The van der Waals surface area contributed by atoms with Crippen LogP contribution in [-0.2, 0) is 9.59 Å². The van der Waals surface area contributed by atoms with Gasteiger partial charge >= 0.3 is 5.97 Å². The fourth-order valence-corrected chi connectivity index (χ4v) is 2.64. The van der Waals surface area contributed by atoms with Crippen LogP contribution < -0.4 is 5.32 Å². The molecule has 18 heavy (non-hydrogen) atoms. The van der Waals surface area contributed by atoms with Gasteiger partial charge in [0.25, 0.3) is 0 Å². The summed E-state index contributed by atoms with van der Waals surface area (Å²) >= 11 is 1.48. The largest absolute Gasteiger partial charge is 0.481 e. The zero-order valence-corrected chi connectivity index (χ0v) is 12.0. The van der Waals surface area contributed by atoms with Gasteiger partial charge in [-0.1, -0.05) is 25.7 Å². The molecule has 0 aliphatic heterocycles. The third-order valence-electron chi connectivity index (χ3n) is 3.63. The Morgan fingerprint density at radius 1 is 1.22 bits per heavy atom. The maximum absolute atomic E-state index is 11.9. The van der Waals surface area contributed by atoms with Crippen LogP contribution in [0.5, 0.6) is 0 Å². The Kier molecular flexibility index (Phi) is 6.54. The van der Waals surface area contributed by atoms with Crippen LogP contribution in [0.25, 0.3) is 0 Å². The fourth-order valence-electron chi connectivity index (χ4n) is 2.36. The van der Waals surface area contributed by atoms with E-state index < -0.39 is 11.9 Å². The van der Waals surface area contributed by atoms with Crippen molar-refractivity contribution >= 4 is 23.6 Å². The van der Waals surface area contributed by atoms with Crippen molar-refractivity contribution in [2.75, 3.05) is 6.26 Å². The summed E-state index contributed by atoms with van der Waals surface area (Å²) < 4.78 is 0. The van der Waals surface area contributed by atoms with E-state index in [-0.39, 0.29) is 17.2 Å². The molecular weight excluding hydrogens is 250 g/mol. The predicted octanol–water partition coefficient (Wildman–Crippen LogP) is 2.28. The van der Waals surface area contributed by atoms with Crippen LogP contribution in [0, 0.1) is 5.92 Å². The number of nitrogens with one attached hydrogen (secondary N) is 1. The number of hydrogen-bond donors (Lipinski definition) is 2. The molecule has 4 nitrogen and oxygen atoms in total. The van der Waals surface area contributed by atoms with Crippen LogP contribution in [0.15, 0.2) is 0 Å². The lowest BCUT2D eigenvalue weighted by molar-refractivity contribution is -0.143. The van der Waals surface area contributed by atoms with E-state index in [2.05, 4.69) is 5.32 Å². The molecule has 2 N–H and O–H groups in total. The van der Waals surface area contributed by atoms with E-state index >= 15 is 0 Å². The molecule has 1 saturated carbocycles. The first-order valence-electron chi connectivity index (χ1n) is 6.62. The normalized spacial score (nSPS) is 26.8. The molecule has 104 valence electrons. The molecule has 1 aliphatic carbocycles. The van der Waals surface area contributed by atoms with Crippen molar-refractivity contribution in [3.8, 4) is 0 Å². The quantitative estimate of drug-likeness (QED) is 0.824. The summed E-state index contributed by atoms with van der Waals surface area (Å²) in [5.41, 5.74) is 0. The smallest absolute Gasteiger partial charge is 0.308 e. The van der Waals surface area contributed by atoms with E-state index in [4.69, 9.17) is 0 Å². The fraction of sp³-hybridized carbons (Fsp3) is 0.846. The summed E-state index contributed by atoms with van der Waals surface area (Å²) in [6.45, 7) is 1.85. The van der Waals surface area contributed by atoms with Gasteiger partial charge in [-0.15, -0.1) is 0 Å². The van der Waals surface area contributed by atoms with Crippen LogP contribution in [0.3, 0.4) is 0 Å². The van der Waals surface area contributed by atoms with Crippen LogP contribution in [-0.4, -0.2) is 34.5 Å². The molecule has 1 fully saturated rings. The molecule has 0 aromatic carbocycles. The van der Waals surface area contributed by atoms with E-state index in [0.717, 1.165) is 32.1 Å². The first-order valence-corrected chi connectivity index (χ1v) is 7.91. The third kappa shape index (κ3) is 4.52. The maximum atomic E-state index is 11.9.